The summed E-state index contributed by atoms with van der Waals surface area (Å²) in [4.78, 5) is 38.3. The highest BCUT2D eigenvalue weighted by Crippen LogP contribution is 2.16. The first kappa shape index (κ1) is 74.5. The molecule has 0 aliphatic carbocycles. The minimum Gasteiger partial charge on any atom is -0.462 e. The van der Waals surface area contributed by atoms with Crippen molar-refractivity contribution >= 4 is 17.9 Å². The Morgan fingerprint density at radius 3 is 0.772 bits per heavy atom. The summed E-state index contributed by atoms with van der Waals surface area (Å²) in [5.41, 5.74) is 0. The second-order valence-electron chi connectivity index (χ2n) is 21.3. The van der Waals surface area contributed by atoms with Gasteiger partial charge in [0.1, 0.15) is 13.2 Å². The first-order chi connectivity index (χ1) is 39.0. The maximum absolute atomic E-state index is 12.9. The van der Waals surface area contributed by atoms with Crippen molar-refractivity contribution in [1.82, 2.24) is 0 Å². The average molecular weight is 1090 g/mol. The molecule has 0 rings (SSSR count). The van der Waals surface area contributed by atoms with Gasteiger partial charge in [0, 0.05) is 19.3 Å². The Morgan fingerprint density at radius 1 is 0.266 bits per heavy atom. The van der Waals surface area contributed by atoms with Crippen molar-refractivity contribution in [3.8, 4) is 0 Å². The molecule has 0 aromatic rings. The maximum Gasteiger partial charge on any atom is 0.306 e. The van der Waals surface area contributed by atoms with E-state index < -0.39 is 6.10 Å². The van der Waals surface area contributed by atoms with Gasteiger partial charge in [-0.05, 0) is 116 Å². The molecule has 0 aliphatic heterocycles. The van der Waals surface area contributed by atoms with Crippen LogP contribution in [0.25, 0.3) is 0 Å². The summed E-state index contributed by atoms with van der Waals surface area (Å²) in [5, 5.41) is 0. The highest BCUT2D eigenvalue weighted by Gasteiger charge is 2.19. The van der Waals surface area contributed by atoms with E-state index >= 15 is 0 Å². The lowest BCUT2D eigenvalue weighted by atomic mass is 10.0. The predicted octanol–water partition coefficient (Wildman–Crippen LogP) is 22.5. The molecule has 0 bridgehead atoms. The van der Waals surface area contributed by atoms with Gasteiger partial charge < -0.3 is 14.2 Å². The topological polar surface area (TPSA) is 78.9 Å². The average Bonchev–Trinajstić information content (AvgIpc) is 3.45. The molecular weight excluding hydrogens is 973 g/mol. The standard InChI is InChI=1S/C73H120O6/c1-4-7-10-13-16-19-22-25-28-30-31-32-33-34-35-36-37-38-39-40-41-43-45-48-51-54-57-60-63-66-72(75)78-69-70(68-77-71(74)65-62-59-56-53-50-47-44-27-24-21-18-15-12-9-6-3)79-73(76)67-64-61-58-55-52-49-46-42-29-26-23-20-17-14-11-8-5-2/h7-8,10-11,16-17,19-20,25-26,28-29,31-32,34-35,37-38,40-41,45,48,70H,4-6,9,12-15,18,21-24,27,30,33,36,39,42-44,46-47,49-69H2,1-3H3/b10-7-,11-8-,19-16-,20-17-,28-25-,29-26-,32-31-,35-34-,38-37-,41-40-,48-45-. The second-order valence-corrected chi connectivity index (χ2v) is 21.3. The summed E-state index contributed by atoms with van der Waals surface area (Å²) >= 11 is 0. The van der Waals surface area contributed by atoms with Crippen molar-refractivity contribution in [2.24, 2.45) is 0 Å². The van der Waals surface area contributed by atoms with Crippen LogP contribution in [0.4, 0.5) is 0 Å². The third-order valence-corrected chi connectivity index (χ3v) is 13.7. The van der Waals surface area contributed by atoms with E-state index in [9.17, 15) is 14.4 Å². The number of allylic oxidation sites excluding steroid dienone is 22. The molecule has 0 saturated carbocycles. The van der Waals surface area contributed by atoms with E-state index in [1.54, 1.807) is 0 Å². The lowest BCUT2D eigenvalue weighted by Gasteiger charge is -2.18. The Morgan fingerprint density at radius 2 is 0.494 bits per heavy atom. The molecule has 0 fully saturated rings. The Kier molecular flexibility index (Phi) is 62.3. The van der Waals surface area contributed by atoms with Crippen LogP contribution in [0.5, 0.6) is 0 Å². The summed E-state index contributed by atoms with van der Waals surface area (Å²) < 4.78 is 16.9. The minimum absolute atomic E-state index is 0.0914. The van der Waals surface area contributed by atoms with Crippen LogP contribution in [0, 0.1) is 0 Å². The van der Waals surface area contributed by atoms with Gasteiger partial charge in [0.2, 0.25) is 0 Å². The van der Waals surface area contributed by atoms with Crippen LogP contribution >= 0.6 is 0 Å². The summed E-state index contributed by atoms with van der Waals surface area (Å²) in [5.74, 6) is -0.922. The Labute approximate surface area is 487 Å². The molecule has 0 aromatic carbocycles. The third-order valence-electron chi connectivity index (χ3n) is 13.7. The molecule has 0 spiro atoms. The van der Waals surface area contributed by atoms with Crippen LogP contribution in [-0.4, -0.2) is 37.2 Å². The summed E-state index contributed by atoms with van der Waals surface area (Å²) in [7, 11) is 0. The van der Waals surface area contributed by atoms with Crippen LogP contribution < -0.4 is 0 Å². The van der Waals surface area contributed by atoms with E-state index in [0.717, 1.165) is 148 Å². The molecule has 1 atom stereocenters. The Bertz CT molecular complexity index is 1680. The molecule has 448 valence electrons. The van der Waals surface area contributed by atoms with Gasteiger partial charge in [-0.15, -0.1) is 0 Å². The predicted molar refractivity (Wildman–Crippen MR) is 343 cm³/mol. The molecule has 0 aromatic heterocycles. The number of hydrogen-bond acceptors (Lipinski definition) is 6. The summed E-state index contributed by atoms with van der Waals surface area (Å²) in [6.45, 7) is 6.40. The monoisotopic (exact) mass is 1090 g/mol. The maximum atomic E-state index is 12.9. The zero-order valence-corrected chi connectivity index (χ0v) is 51.3. The highest BCUT2D eigenvalue weighted by atomic mass is 16.6. The molecule has 0 N–H and O–H groups in total. The quantitative estimate of drug-likeness (QED) is 0.0261. The van der Waals surface area contributed by atoms with Crippen molar-refractivity contribution in [2.75, 3.05) is 13.2 Å². The summed E-state index contributed by atoms with van der Waals surface area (Å²) in [6.07, 6.45) is 93.1. The van der Waals surface area contributed by atoms with Gasteiger partial charge in [-0.3, -0.25) is 14.4 Å². The van der Waals surface area contributed by atoms with E-state index in [4.69, 9.17) is 14.2 Å². The lowest BCUT2D eigenvalue weighted by Crippen LogP contribution is -2.30. The van der Waals surface area contributed by atoms with Crippen molar-refractivity contribution in [2.45, 2.75) is 297 Å². The normalized spacial score (nSPS) is 13.0. The van der Waals surface area contributed by atoms with Crippen molar-refractivity contribution in [1.29, 1.82) is 0 Å². The SMILES string of the molecule is CC/C=C\C/C=C\C/C=C\C/C=C\C/C=C\C/C=C\C/C=C\C/C=C\CCCCCCC(=O)OCC(COC(=O)CCCCCCCCCCCCCCCCC)OC(=O)CCCCCCCCC/C=C\C/C=C\C/C=C\CC. The van der Waals surface area contributed by atoms with Crippen LogP contribution in [-0.2, 0) is 28.6 Å². The highest BCUT2D eigenvalue weighted by molar-refractivity contribution is 5.71. The van der Waals surface area contributed by atoms with Gasteiger partial charge in [0.25, 0.3) is 0 Å². The largest absolute Gasteiger partial charge is 0.462 e. The van der Waals surface area contributed by atoms with Gasteiger partial charge >= 0.3 is 17.9 Å². The fourth-order valence-corrected chi connectivity index (χ4v) is 8.83. The van der Waals surface area contributed by atoms with Crippen LogP contribution in [0.1, 0.15) is 290 Å². The van der Waals surface area contributed by atoms with E-state index in [2.05, 4.69) is 154 Å². The smallest absolute Gasteiger partial charge is 0.306 e. The molecule has 0 heterocycles. The van der Waals surface area contributed by atoms with Crippen LogP contribution in [0.15, 0.2) is 134 Å². The number of unbranched alkanes of at least 4 members (excludes halogenated alkanes) is 25. The van der Waals surface area contributed by atoms with E-state index in [1.807, 2.05) is 0 Å². The minimum atomic E-state index is -0.798. The van der Waals surface area contributed by atoms with Crippen LogP contribution in [0.2, 0.25) is 0 Å². The Hall–Kier alpha value is -4.45. The first-order valence-corrected chi connectivity index (χ1v) is 32.7. The molecule has 0 amide bonds. The number of ether oxygens (including phenoxy) is 3. The Balaban J connectivity index is 4.41. The summed E-state index contributed by atoms with van der Waals surface area (Å²) in [6, 6.07) is 0. The first-order valence-electron chi connectivity index (χ1n) is 32.7. The number of carbonyl (C=O) groups is 3. The van der Waals surface area contributed by atoms with E-state index in [1.165, 1.54) is 103 Å². The zero-order valence-electron chi connectivity index (χ0n) is 51.3. The second kappa shape index (κ2) is 66.1. The molecular formula is C73H120O6. The molecule has 0 aliphatic rings. The number of hydrogen-bond donors (Lipinski definition) is 0. The van der Waals surface area contributed by atoms with Gasteiger partial charge in [-0.2, -0.15) is 0 Å². The fourth-order valence-electron chi connectivity index (χ4n) is 8.83. The number of esters is 3. The van der Waals surface area contributed by atoms with Crippen molar-refractivity contribution in [3.05, 3.63) is 134 Å². The molecule has 6 heteroatoms. The van der Waals surface area contributed by atoms with Gasteiger partial charge in [-0.1, -0.05) is 289 Å². The van der Waals surface area contributed by atoms with Gasteiger partial charge in [-0.25, -0.2) is 0 Å². The van der Waals surface area contributed by atoms with Crippen LogP contribution in [0.3, 0.4) is 0 Å². The number of carbonyl (C=O) groups excluding carboxylic acids is 3. The molecule has 1 unspecified atom stereocenters. The molecule has 0 saturated heterocycles. The lowest BCUT2D eigenvalue weighted by molar-refractivity contribution is -0.167. The fraction of sp³-hybridized carbons (Fsp3) is 0.658. The van der Waals surface area contributed by atoms with E-state index in [-0.39, 0.29) is 31.1 Å². The van der Waals surface area contributed by atoms with E-state index in [0.29, 0.717) is 19.3 Å². The number of rotatable bonds is 58. The van der Waals surface area contributed by atoms with Crippen molar-refractivity contribution < 1.29 is 28.6 Å². The molecule has 6 nitrogen and oxygen atoms in total. The molecule has 79 heavy (non-hydrogen) atoms. The van der Waals surface area contributed by atoms with Gasteiger partial charge in [0.05, 0.1) is 0 Å². The zero-order chi connectivity index (χ0) is 57.1. The third kappa shape index (κ3) is 64.3. The van der Waals surface area contributed by atoms with Crippen molar-refractivity contribution in [3.63, 3.8) is 0 Å². The molecule has 0 radical (unpaired) electrons. The van der Waals surface area contributed by atoms with Gasteiger partial charge in [0.15, 0.2) is 6.10 Å².